The highest BCUT2D eigenvalue weighted by molar-refractivity contribution is 7.15. The van der Waals surface area contributed by atoms with E-state index in [0.29, 0.717) is 30.3 Å². The van der Waals surface area contributed by atoms with Gasteiger partial charge in [-0.3, -0.25) is 14.5 Å². The van der Waals surface area contributed by atoms with Crippen LogP contribution in [0.5, 0.6) is 0 Å². The molecule has 0 aliphatic carbocycles. The first-order chi connectivity index (χ1) is 12.7. The third-order valence-corrected chi connectivity index (χ3v) is 5.82. The second-order valence-corrected chi connectivity index (χ2v) is 7.67. The average molecular weight is 384 g/mol. The molecule has 0 saturated carbocycles. The van der Waals surface area contributed by atoms with Crippen LogP contribution in [0.4, 0.5) is 5.82 Å². The fraction of sp³-hybridized carbons (Fsp3) is 0.222. The van der Waals surface area contributed by atoms with Crippen molar-refractivity contribution >= 4 is 40.3 Å². The summed E-state index contributed by atoms with van der Waals surface area (Å²) in [5.41, 5.74) is 1.73. The Bertz CT molecular complexity index is 936. The summed E-state index contributed by atoms with van der Waals surface area (Å²) in [6.07, 6.45) is 3.10. The maximum atomic E-state index is 12.4. The minimum absolute atomic E-state index is 0.0996. The molecule has 3 aromatic rings. The molecule has 1 aliphatic heterocycles. The molecular weight excluding hydrogens is 368 g/mol. The normalized spacial score (nSPS) is 14.0. The Morgan fingerprint density at radius 2 is 2.23 bits per heavy atom. The van der Waals surface area contributed by atoms with Gasteiger partial charge in [0, 0.05) is 31.1 Å². The smallest absolute Gasteiger partial charge is 0.280 e. The number of hydrogen-bond acceptors (Lipinski definition) is 6. The number of rotatable bonds is 5. The van der Waals surface area contributed by atoms with Crippen molar-refractivity contribution in [2.75, 3.05) is 11.4 Å². The molecule has 0 aromatic carbocycles. The highest BCUT2D eigenvalue weighted by Gasteiger charge is 2.22. The Hall–Kier alpha value is -2.58. The van der Waals surface area contributed by atoms with E-state index >= 15 is 0 Å². The zero-order chi connectivity index (χ0) is 17.9. The van der Waals surface area contributed by atoms with Crippen LogP contribution in [-0.2, 0) is 11.3 Å². The number of carbonyl (C=O) groups excluding carboxylic acids is 2. The van der Waals surface area contributed by atoms with Gasteiger partial charge in [-0.1, -0.05) is 6.07 Å². The molecule has 0 atom stereocenters. The van der Waals surface area contributed by atoms with E-state index in [0.717, 1.165) is 22.6 Å². The van der Waals surface area contributed by atoms with Crippen LogP contribution < -0.4 is 10.2 Å². The number of aromatic nitrogens is 2. The average Bonchev–Trinajstić information content (AvgIpc) is 3.40. The van der Waals surface area contributed by atoms with E-state index in [2.05, 4.69) is 15.3 Å². The Kier molecular flexibility index (Phi) is 4.77. The van der Waals surface area contributed by atoms with Crippen LogP contribution in [0, 0.1) is 0 Å². The summed E-state index contributed by atoms with van der Waals surface area (Å²) in [7, 11) is 0. The molecular formula is C18H16N4O2S2. The summed E-state index contributed by atoms with van der Waals surface area (Å²) >= 11 is 2.93. The Balaban J connectivity index is 1.41. The first kappa shape index (κ1) is 16.9. The molecule has 0 unspecified atom stereocenters. The van der Waals surface area contributed by atoms with Crippen molar-refractivity contribution in [2.24, 2.45) is 0 Å². The molecule has 0 radical (unpaired) electrons. The molecule has 1 saturated heterocycles. The van der Waals surface area contributed by atoms with E-state index < -0.39 is 0 Å². The number of amides is 2. The van der Waals surface area contributed by atoms with Gasteiger partial charge >= 0.3 is 0 Å². The monoisotopic (exact) mass is 384 g/mol. The lowest BCUT2D eigenvalue weighted by molar-refractivity contribution is -0.117. The summed E-state index contributed by atoms with van der Waals surface area (Å²) in [6, 6.07) is 7.64. The number of pyridine rings is 1. The van der Waals surface area contributed by atoms with Crippen molar-refractivity contribution in [3.63, 3.8) is 0 Å². The highest BCUT2D eigenvalue weighted by atomic mass is 32.1. The Labute approximate surface area is 158 Å². The SMILES string of the molecule is O=C(NCc1ccnc(N2CCCC2=O)c1)c1nc(-c2cccs2)cs1. The van der Waals surface area contributed by atoms with Crippen LogP contribution in [0.1, 0.15) is 28.2 Å². The number of thiazole rings is 1. The highest BCUT2D eigenvalue weighted by Crippen LogP contribution is 2.26. The molecule has 0 bridgehead atoms. The fourth-order valence-corrected chi connectivity index (χ4v) is 4.28. The number of thiophene rings is 1. The summed E-state index contributed by atoms with van der Waals surface area (Å²) in [4.78, 5) is 35.6. The largest absolute Gasteiger partial charge is 0.346 e. The van der Waals surface area contributed by atoms with Crippen LogP contribution in [0.15, 0.2) is 41.2 Å². The van der Waals surface area contributed by atoms with Crippen LogP contribution in [0.3, 0.4) is 0 Å². The van der Waals surface area contributed by atoms with Crippen LogP contribution >= 0.6 is 22.7 Å². The lowest BCUT2D eigenvalue weighted by atomic mass is 10.2. The van der Waals surface area contributed by atoms with Crippen molar-refractivity contribution in [3.05, 3.63) is 51.8 Å². The van der Waals surface area contributed by atoms with Gasteiger partial charge in [-0.25, -0.2) is 9.97 Å². The topological polar surface area (TPSA) is 75.2 Å². The van der Waals surface area contributed by atoms with Gasteiger partial charge in [0.15, 0.2) is 5.01 Å². The van der Waals surface area contributed by atoms with E-state index in [-0.39, 0.29) is 11.8 Å². The summed E-state index contributed by atoms with van der Waals surface area (Å²) in [6.45, 7) is 1.07. The van der Waals surface area contributed by atoms with Crippen molar-refractivity contribution in [1.29, 1.82) is 0 Å². The van der Waals surface area contributed by atoms with E-state index in [1.807, 2.05) is 35.0 Å². The second kappa shape index (κ2) is 7.35. The molecule has 132 valence electrons. The van der Waals surface area contributed by atoms with Crippen LogP contribution in [-0.4, -0.2) is 28.3 Å². The molecule has 26 heavy (non-hydrogen) atoms. The summed E-state index contributed by atoms with van der Waals surface area (Å²) in [5, 5.41) is 7.21. The molecule has 4 rings (SSSR count). The lowest BCUT2D eigenvalue weighted by Crippen LogP contribution is -2.26. The molecule has 2 amide bonds. The van der Waals surface area contributed by atoms with Gasteiger partial charge in [-0.2, -0.15) is 0 Å². The Morgan fingerprint density at radius 1 is 1.31 bits per heavy atom. The third kappa shape index (κ3) is 3.51. The summed E-state index contributed by atoms with van der Waals surface area (Å²) in [5.74, 6) is 0.546. The standard InChI is InChI=1S/C18H16N4O2S2/c23-16-4-1-7-22(16)15-9-12(5-6-19-15)10-20-17(24)18-21-13(11-26-18)14-3-2-8-25-14/h2-3,5-6,8-9,11H,1,4,7,10H2,(H,20,24). The minimum atomic E-state index is -0.201. The maximum absolute atomic E-state index is 12.4. The number of anilines is 1. The molecule has 1 N–H and O–H groups in total. The third-order valence-electron chi connectivity index (χ3n) is 4.08. The van der Waals surface area contributed by atoms with E-state index in [1.54, 1.807) is 22.4 Å². The van der Waals surface area contributed by atoms with Gasteiger partial charge in [0.05, 0.1) is 10.6 Å². The first-order valence-corrected chi connectivity index (χ1v) is 9.99. The quantitative estimate of drug-likeness (QED) is 0.732. The number of hydrogen-bond donors (Lipinski definition) is 1. The number of nitrogens with zero attached hydrogens (tertiary/aromatic N) is 3. The number of nitrogens with one attached hydrogen (secondary N) is 1. The van der Waals surface area contributed by atoms with Crippen molar-refractivity contribution in [2.45, 2.75) is 19.4 Å². The van der Waals surface area contributed by atoms with Gasteiger partial charge in [-0.05, 0) is 35.6 Å². The van der Waals surface area contributed by atoms with Crippen molar-refractivity contribution in [1.82, 2.24) is 15.3 Å². The predicted octanol–water partition coefficient (Wildman–Crippen LogP) is 3.32. The van der Waals surface area contributed by atoms with E-state index in [9.17, 15) is 9.59 Å². The molecule has 3 aromatic heterocycles. The zero-order valence-electron chi connectivity index (χ0n) is 13.8. The summed E-state index contributed by atoms with van der Waals surface area (Å²) < 4.78 is 0. The molecule has 8 heteroatoms. The molecule has 0 spiro atoms. The molecule has 1 aliphatic rings. The number of carbonyl (C=O) groups is 2. The van der Waals surface area contributed by atoms with Gasteiger partial charge in [0.1, 0.15) is 5.82 Å². The van der Waals surface area contributed by atoms with E-state index in [4.69, 9.17) is 0 Å². The van der Waals surface area contributed by atoms with Crippen LogP contribution in [0.25, 0.3) is 10.6 Å². The van der Waals surface area contributed by atoms with Gasteiger partial charge < -0.3 is 5.32 Å². The zero-order valence-corrected chi connectivity index (χ0v) is 15.5. The van der Waals surface area contributed by atoms with Gasteiger partial charge in [-0.15, -0.1) is 22.7 Å². The van der Waals surface area contributed by atoms with Crippen molar-refractivity contribution in [3.8, 4) is 10.6 Å². The van der Waals surface area contributed by atoms with Gasteiger partial charge in [0.25, 0.3) is 5.91 Å². The first-order valence-electron chi connectivity index (χ1n) is 8.23. The Morgan fingerprint density at radius 3 is 3.00 bits per heavy atom. The van der Waals surface area contributed by atoms with Crippen molar-refractivity contribution < 1.29 is 9.59 Å². The fourth-order valence-electron chi connectivity index (χ4n) is 2.78. The molecule has 6 nitrogen and oxygen atoms in total. The van der Waals surface area contributed by atoms with Gasteiger partial charge in [0.2, 0.25) is 5.91 Å². The van der Waals surface area contributed by atoms with E-state index in [1.165, 1.54) is 11.3 Å². The second-order valence-electron chi connectivity index (χ2n) is 5.87. The lowest BCUT2D eigenvalue weighted by Gasteiger charge is -2.15. The predicted molar refractivity (Wildman–Crippen MR) is 102 cm³/mol. The minimum Gasteiger partial charge on any atom is -0.346 e. The van der Waals surface area contributed by atoms with Crippen LogP contribution in [0.2, 0.25) is 0 Å². The maximum Gasteiger partial charge on any atom is 0.280 e. The molecule has 4 heterocycles. The molecule has 1 fully saturated rings.